The fraction of sp³-hybridized carbons (Fsp3) is 0.333. The van der Waals surface area contributed by atoms with Gasteiger partial charge in [-0.25, -0.2) is 0 Å². The van der Waals surface area contributed by atoms with Crippen LogP contribution in [0.1, 0.15) is 48.0 Å². The zero-order valence-electron chi connectivity index (χ0n) is 16.3. The molecule has 3 aromatic rings. The molecule has 1 aliphatic carbocycles. The van der Waals surface area contributed by atoms with Crippen molar-refractivity contribution >= 4 is 16.8 Å². The maximum absolute atomic E-state index is 13.1. The van der Waals surface area contributed by atoms with Crippen molar-refractivity contribution in [1.82, 2.24) is 10.3 Å². The summed E-state index contributed by atoms with van der Waals surface area (Å²) in [4.78, 5) is 17.6. The van der Waals surface area contributed by atoms with E-state index in [1.807, 2.05) is 30.3 Å². The summed E-state index contributed by atoms with van der Waals surface area (Å²) in [6.07, 6.45) is 8.10. The lowest BCUT2D eigenvalue weighted by Crippen LogP contribution is -2.51. The molecule has 1 heterocycles. The summed E-state index contributed by atoms with van der Waals surface area (Å²) in [7, 11) is 1.63. The van der Waals surface area contributed by atoms with Gasteiger partial charge in [-0.2, -0.15) is 0 Å². The molecular formula is C24H26N2O2. The van der Waals surface area contributed by atoms with Crippen LogP contribution < -0.4 is 10.1 Å². The number of aromatic nitrogens is 1. The summed E-state index contributed by atoms with van der Waals surface area (Å²) >= 11 is 0. The van der Waals surface area contributed by atoms with E-state index >= 15 is 0 Å². The molecule has 0 bridgehead atoms. The number of nitrogens with one attached hydrogen (secondary N) is 1. The molecule has 4 rings (SSSR count). The number of benzene rings is 2. The molecule has 28 heavy (non-hydrogen) atoms. The number of amides is 1. The van der Waals surface area contributed by atoms with Gasteiger partial charge in [0.15, 0.2) is 0 Å². The monoisotopic (exact) mass is 374 g/mol. The van der Waals surface area contributed by atoms with Crippen molar-refractivity contribution in [3.8, 4) is 5.75 Å². The maximum Gasteiger partial charge on any atom is 0.253 e. The molecule has 1 aromatic heterocycles. The fourth-order valence-electron chi connectivity index (χ4n) is 4.30. The number of fused-ring (bicyclic) bond motifs is 1. The highest BCUT2D eigenvalue weighted by Crippen LogP contribution is 2.32. The van der Waals surface area contributed by atoms with Crippen LogP contribution in [0.25, 0.3) is 10.9 Å². The second kappa shape index (κ2) is 8.01. The average molecular weight is 374 g/mol. The molecule has 0 saturated heterocycles. The highest BCUT2D eigenvalue weighted by Gasteiger charge is 2.34. The Morgan fingerprint density at radius 2 is 1.86 bits per heavy atom. The van der Waals surface area contributed by atoms with E-state index in [9.17, 15) is 4.79 Å². The topological polar surface area (TPSA) is 51.2 Å². The number of hydrogen-bond donors (Lipinski definition) is 1. The number of pyridine rings is 1. The molecule has 1 fully saturated rings. The van der Waals surface area contributed by atoms with Gasteiger partial charge in [-0.3, -0.25) is 9.78 Å². The second-order valence-electron chi connectivity index (χ2n) is 7.71. The van der Waals surface area contributed by atoms with Gasteiger partial charge >= 0.3 is 0 Å². The molecule has 0 aliphatic heterocycles. The number of rotatable bonds is 5. The van der Waals surface area contributed by atoms with Crippen molar-refractivity contribution in [1.29, 1.82) is 0 Å². The first-order chi connectivity index (χ1) is 13.7. The van der Waals surface area contributed by atoms with E-state index < -0.39 is 0 Å². The zero-order valence-corrected chi connectivity index (χ0v) is 16.3. The van der Waals surface area contributed by atoms with Gasteiger partial charge in [0.05, 0.1) is 12.7 Å². The Morgan fingerprint density at radius 3 is 2.61 bits per heavy atom. The maximum atomic E-state index is 13.1. The van der Waals surface area contributed by atoms with Crippen LogP contribution in [0.3, 0.4) is 0 Å². The second-order valence-corrected chi connectivity index (χ2v) is 7.71. The third-order valence-corrected chi connectivity index (χ3v) is 5.73. The largest absolute Gasteiger partial charge is 0.494 e. The summed E-state index contributed by atoms with van der Waals surface area (Å²) in [6.45, 7) is 0. The van der Waals surface area contributed by atoms with Crippen LogP contribution in [0.15, 0.2) is 60.8 Å². The standard InChI is InChI=1S/C24H26N2O2/c1-28-21-12-8-11-19-15-20(17-25-22(19)21)23(27)26-24(13-6-3-7-14-24)16-18-9-4-2-5-10-18/h2,4-5,8-12,15,17H,3,6-7,13-14,16H2,1H3,(H,26,27). The molecular weight excluding hydrogens is 348 g/mol. The van der Waals surface area contributed by atoms with Crippen LogP contribution >= 0.6 is 0 Å². The molecule has 0 radical (unpaired) electrons. The van der Waals surface area contributed by atoms with Crippen molar-refractivity contribution in [2.24, 2.45) is 0 Å². The Morgan fingerprint density at radius 1 is 1.07 bits per heavy atom. The number of ether oxygens (including phenoxy) is 1. The summed E-state index contributed by atoms with van der Waals surface area (Å²) in [5.74, 6) is 0.673. The van der Waals surface area contributed by atoms with Crippen molar-refractivity contribution in [3.63, 3.8) is 0 Å². The summed E-state index contributed by atoms with van der Waals surface area (Å²) in [5.41, 5.74) is 2.46. The molecule has 1 saturated carbocycles. The van der Waals surface area contributed by atoms with Gasteiger partial charge in [-0.15, -0.1) is 0 Å². The van der Waals surface area contributed by atoms with E-state index in [0.29, 0.717) is 5.56 Å². The van der Waals surface area contributed by atoms with E-state index in [4.69, 9.17) is 4.74 Å². The van der Waals surface area contributed by atoms with Gasteiger partial charge in [0.1, 0.15) is 11.3 Å². The summed E-state index contributed by atoms with van der Waals surface area (Å²) < 4.78 is 5.37. The third-order valence-electron chi connectivity index (χ3n) is 5.73. The number of nitrogens with zero attached hydrogens (tertiary/aromatic N) is 1. The highest BCUT2D eigenvalue weighted by atomic mass is 16.5. The first-order valence-corrected chi connectivity index (χ1v) is 9.98. The van der Waals surface area contributed by atoms with E-state index in [2.05, 4.69) is 34.6 Å². The van der Waals surface area contributed by atoms with Crippen molar-refractivity contribution < 1.29 is 9.53 Å². The van der Waals surface area contributed by atoms with Crippen LogP contribution in [-0.2, 0) is 6.42 Å². The third kappa shape index (κ3) is 3.86. The number of hydrogen-bond acceptors (Lipinski definition) is 3. The predicted molar refractivity (Wildman–Crippen MR) is 112 cm³/mol. The van der Waals surface area contributed by atoms with Crippen molar-refractivity contribution in [2.75, 3.05) is 7.11 Å². The lowest BCUT2D eigenvalue weighted by molar-refractivity contribution is 0.0868. The zero-order chi connectivity index (χ0) is 19.4. The number of para-hydroxylation sites is 1. The minimum absolute atomic E-state index is 0.0462. The van der Waals surface area contributed by atoms with Gasteiger partial charge in [0.2, 0.25) is 0 Å². The van der Waals surface area contributed by atoms with Gasteiger partial charge in [0, 0.05) is 17.1 Å². The van der Waals surface area contributed by atoms with Crippen molar-refractivity contribution in [2.45, 2.75) is 44.1 Å². The minimum Gasteiger partial charge on any atom is -0.494 e. The Kier molecular flexibility index (Phi) is 5.29. The van der Waals surface area contributed by atoms with Gasteiger partial charge < -0.3 is 10.1 Å². The van der Waals surface area contributed by atoms with E-state index in [1.54, 1.807) is 13.3 Å². The van der Waals surface area contributed by atoms with E-state index in [1.165, 1.54) is 12.0 Å². The number of carbonyl (C=O) groups is 1. The smallest absolute Gasteiger partial charge is 0.253 e. The quantitative estimate of drug-likeness (QED) is 0.690. The molecule has 4 nitrogen and oxygen atoms in total. The SMILES string of the molecule is COc1cccc2cc(C(=O)NC3(Cc4ccccc4)CCCCC3)cnc12. The van der Waals surface area contributed by atoms with Gasteiger partial charge in [0.25, 0.3) is 5.91 Å². The first-order valence-electron chi connectivity index (χ1n) is 9.98. The summed E-state index contributed by atoms with van der Waals surface area (Å²) in [5, 5.41) is 4.29. The molecule has 144 valence electrons. The minimum atomic E-state index is -0.181. The molecule has 4 heteroatoms. The Hall–Kier alpha value is -2.88. The number of methoxy groups -OCH3 is 1. The van der Waals surface area contributed by atoms with E-state index in [0.717, 1.165) is 48.8 Å². The average Bonchev–Trinajstić information content (AvgIpc) is 2.74. The molecule has 0 atom stereocenters. The lowest BCUT2D eigenvalue weighted by Gasteiger charge is -2.38. The molecule has 0 unspecified atom stereocenters. The van der Waals surface area contributed by atoms with E-state index in [-0.39, 0.29) is 11.4 Å². The summed E-state index contributed by atoms with van der Waals surface area (Å²) in [6, 6.07) is 18.1. The van der Waals surface area contributed by atoms with Crippen LogP contribution in [0.5, 0.6) is 5.75 Å². The molecule has 1 N–H and O–H groups in total. The fourth-order valence-corrected chi connectivity index (χ4v) is 4.30. The normalized spacial score (nSPS) is 15.9. The van der Waals surface area contributed by atoms with Crippen LogP contribution in [-0.4, -0.2) is 23.5 Å². The molecule has 0 spiro atoms. The molecule has 2 aromatic carbocycles. The van der Waals surface area contributed by atoms with Gasteiger partial charge in [-0.05, 0) is 37.0 Å². The van der Waals surface area contributed by atoms with Crippen LogP contribution in [0, 0.1) is 0 Å². The Balaban J connectivity index is 1.60. The van der Waals surface area contributed by atoms with Crippen molar-refractivity contribution in [3.05, 3.63) is 71.9 Å². The Labute approximate surface area is 165 Å². The van der Waals surface area contributed by atoms with Crippen LogP contribution in [0.2, 0.25) is 0 Å². The predicted octanol–water partition coefficient (Wildman–Crippen LogP) is 4.92. The molecule has 1 aliphatic rings. The highest BCUT2D eigenvalue weighted by molar-refractivity contribution is 5.98. The van der Waals surface area contributed by atoms with Gasteiger partial charge in [-0.1, -0.05) is 61.7 Å². The number of carbonyl (C=O) groups excluding carboxylic acids is 1. The molecule has 1 amide bonds. The lowest BCUT2D eigenvalue weighted by atomic mass is 9.77. The Bertz CT molecular complexity index is 963. The van der Waals surface area contributed by atoms with Crippen LogP contribution in [0.4, 0.5) is 0 Å². The first kappa shape index (κ1) is 18.5.